The highest BCUT2D eigenvalue weighted by Crippen LogP contribution is 2.38. The van der Waals surface area contributed by atoms with Gasteiger partial charge in [-0.2, -0.15) is 22.0 Å². The molecule has 1 nitrogen and oxygen atoms in total. The summed E-state index contributed by atoms with van der Waals surface area (Å²) in [6.07, 6.45) is -3.04. The second kappa shape index (κ2) is 11.4. The summed E-state index contributed by atoms with van der Waals surface area (Å²) in [6, 6.07) is 8.73. The molecule has 1 aliphatic rings. The van der Waals surface area contributed by atoms with Crippen LogP contribution < -0.4 is 4.74 Å². The van der Waals surface area contributed by atoms with Crippen LogP contribution in [0.15, 0.2) is 54.6 Å². The molecule has 0 unspecified atom stereocenters. The highest BCUT2D eigenvalue weighted by Gasteiger charge is 2.38. The fourth-order valence-corrected chi connectivity index (χ4v) is 5.35. The Morgan fingerprint density at radius 1 is 0.737 bits per heavy atom. The molecule has 0 amide bonds. The van der Waals surface area contributed by atoms with Gasteiger partial charge in [0.2, 0.25) is 0 Å². The minimum absolute atomic E-state index is 0.00131. The van der Waals surface area contributed by atoms with E-state index in [9.17, 15) is 35.1 Å². The van der Waals surface area contributed by atoms with E-state index in [1.165, 1.54) is 18.9 Å². The van der Waals surface area contributed by atoms with Crippen LogP contribution in [-0.4, -0.2) is 3.92 Å². The molecule has 0 aliphatic heterocycles. The van der Waals surface area contributed by atoms with Gasteiger partial charge in [0.05, 0.1) is 5.56 Å². The van der Waals surface area contributed by atoms with Crippen molar-refractivity contribution >= 4 is 22.6 Å². The molecule has 0 spiro atoms. The van der Waals surface area contributed by atoms with Gasteiger partial charge >= 0.3 is 12.3 Å². The molecule has 0 N–H and O–H groups in total. The van der Waals surface area contributed by atoms with Gasteiger partial charge in [0.25, 0.3) is 0 Å². The Bertz CT molecular complexity index is 1240. The van der Waals surface area contributed by atoms with Gasteiger partial charge in [-0.05, 0) is 97.5 Å². The molecule has 0 heterocycles. The highest BCUT2D eigenvalue weighted by atomic mass is 127. The molecule has 1 aliphatic carbocycles. The van der Waals surface area contributed by atoms with Gasteiger partial charge in [-0.15, -0.1) is 0 Å². The lowest BCUT2D eigenvalue weighted by Gasteiger charge is -2.25. The standard InChI is InChI=1S/C28H23F8IO/c29-22-13-17(2-1-16-3-10-21(37)11-4-16)5-12-25(22)38-28(35,36)20-8-6-18(7-9-20)19-14-23(30)26(24(31)15-19)27(32,33)34/h5-9,12-16,21H,1-4,10-11H2. The summed E-state index contributed by atoms with van der Waals surface area (Å²) in [5, 5.41) is 0. The lowest BCUT2D eigenvalue weighted by Crippen LogP contribution is -2.22. The number of rotatable bonds is 7. The first-order chi connectivity index (χ1) is 17.8. The van der Waals surface area contributed by atoms with Crippen LogP contribution in [0.2, 0.25) is 0 Å². The molecule has 4 rings (SSSR count). The second-order valence-corrected chi connectivity index (χ2v) is 11.2. The molecule has 0 bridgehead atoms. The maximum atomic E-state index is 14.8. The first-order valence-corrected chi connectivity index (χ1v) is 13.2. The summed E-state index contributed by atoms with van der Waals surface area (Å²) >= 11 is 2.45. The summed E-state index contributed by atoms with van der Waals surface area (Å²) in [5.41, 5.74) is -2.29. The summed E-state index contributed by atoms with van der Waals surface area (Å²) in [7, 11) is 0. The monoisotopic (exact) mass is 654 g/mol. The maximum absolute atomic E-state index is 14.8. The summed E-state index contributed by atoms with van der Waals surface area (Å²) < 4.78 is 116. The van der Waals surface area contributed by atoms with Crippen LogP contribution in [0, 0.1) is 23.4 Å². The number of aryl methyl sites for hydroxylation is 1. The Hall–Kier alpha value is -2.37. The number of halogens is 9. The van der Waals surface area contributed by atoms with Crippen molar-refractivity contribution in [2.24, 2.45) is 5.92 Å². The third-order valence-electron chi connectivity index (χ3n) is 6.73. The SMILES string of the molecule is Fc1cc(CCC2CCC(I)CC2)ccc1OC(F)(F)c1ccc(-c2cc(F)c(C(F)(F)F)c(F)c2)cc1. The van der Waals surface area contributed by atoms with E-state index in [-0.39, 0.29) is 11.1 Å². The molecule has 1 fully saturated rings. The first-order valence-electron chi connectivity index (χ1n) is 12.0. The van der Waals surface area contributed by atoms with Gasteiger partial charge in [-0.1, -0.05) is 40.8 Å². The number of ether oxygens (including phenoxy) is 1. The van der Waals surface area contributed by atoms with Crippen molar-refractivity contribution in [3.8, 4) is 16.9 Å². The van der Waals surface area contributed by atoms with Crippen molar-refractivity contribution in [3.63, 3.8) is 0 Å². The van der Waals surface area contributed by atoms with Crippen molar-refractivity contribution in [2.45, 2.75) is 54.7 Å². The molecular weight excluding hydrogens is 631 g/mol. The zero-order chi connectivity index (χ0) is 27.7. The number of hydrogen-bond acceptors (Lipinski definition) is 1. The Morgan fingerprint density at radius 2 is 1.34 bits per heavy atom. The Morgan fingerprint density at radius 3 is 1.89 bits per heavy atom. The van der Waals surface area contributed by atoms with Crippen molar-refractivity contribution in [1.29, 1.82) is 0 Å². The highest BCUT2D eigenvalue weighted by molar-refractivity contribution is 14.1. The van der Waals surface area contributed by atoms with Gasteiger partial charge < -0.3 is 4.74 Å². The van der Waals surface area contributed by atoms with E-state index in [1.807, 2.05) is 0 Å². The van der Waals surface area contributed by atoms with Crippen LogP contribution in [-0.2, 0) is 18.7 Å². The third-order valence-corrected chi connectivity index (χ3v) is 7.98. The molecule has 38 heavy (non-hydrogen) atoms. The van der Waals surface area contributed by atoms with E-state index in [0.29, 0.717) is 34.0 Å². The van der Waals surface area contributed by atoms with Crippen LogP contribution in [0.3, 0.4) is 0 Å². The topological polar surface area (TPSA) is 9.23 Å². The Balaban J connectivity index is 1.43. The predicted molar refractivity (Wildman–Crippen MR) is 136 cm³/mol. The molecule has 0 saturated heterocycles. The minimum atomic E-state index is -5.22. The summed E-state index contributed by atoms with van der Waals surface area (Å²) in [5.74, 6) is -4.64. The number of hydrogen-bond donors (Lipinski definition) is 0. The van der Waals surface area contributed by atoms with Gasteiger partial charge in [-0.3, -0.25) is 0 Å². The maximum Gasteiger partial charge on any atom is 0.426 e. The van der Waals surface area contributed by atoms with Crippen LogP contribution in [0.5, 0.6) is 5.75 Å². The zero-order valence-corrected chi connectivity index (χ0v) is 22.1. The van der Waals surface area contributed by atoms with E-state index in [0.717, 1.165) is 49.6 Å². The molecule has 10 heteroatoms. The van der Waals surface area contributed by atoms with Crippen LogP contribution in [0.4, 0.5) is 35.1 Å². The molecule has 1 saturated carbocycles. The predicted octanol–water partition coefficient (Wildman–Crippen LogP) is 9.84. The molecule has 3 aromatic carbocycles. The molecular formula is C28H23F8IO. The average molecular weight is 654 g/mol. The van der Waals surface area contributed by atoms with E-state index in [4.69, 9.17) is 0 Å². The molecule has 0 aromatic heterocycles. The largest absolute Gasteiger partial charge is 0.426 e. The van der Waals surface area contributed by atoms with Crippen LogP contribution >= 0.6 is 22.6 Å². The normalized spacial score (nSPS) is 18.4. The molecule has 3 aromatic rings. The van der Waals surface area contributed by atoms with Gasteiger partial charge in [0.1, 0.15) is 17.2 Å². The lowest BCUT2D eigenvalue weighted by atomic mass is 9.85. The van der Waals surface area contributed by atoms with Crippen molar-refractivity contribution < 1.29 is 39.9 Å². The zero-order valence-electron chi connectivity index (χ0n) is 19.9. The fraction of sp³-hybridized carbons (Fsp3) is 0.357. The van der Waals surface area contributed by atoms with Gasteiger partial charge in [0.15, 0.2) is 11.6 Å². The first kappa shape index (κ1) is 28.6. The van der Waals surface area contributed by atoms with Crippen LogP contribution in [0.1, 0.15) is 48.8 Å². The smallest absolute Gasteiger partial charge is 0.426 e. The van der Waals surface area contributed by atoms with E-state index in [1.54, 1.807) is 6.07 Å². The lowest BCUT2D eigenvalue weighted by molar-refractivity contribution is -0.186. The quantitative estimate of drug-likeness (QED) is 0.140. The average Bonchev–Trinajstić information content (AvgIpc) is 2.84. The van der Waals surface area contributed by atoms with Gasteiger partial charge in [0, 0.05) is 3.92 Å². The van der Waals surface area contributed by atoms with Crippen molar-refractivity contribution in [2.75, 3.05) is 0 Å². The number of benzene rings is 3. The van der Waals surface area contributed by atoms with Crippen molar-refractivity contribution in [1.82, 2.24) is 0 Å². The van der Waals surface area contributed by atoms with Crippen molar-refractivity contribution in [3.05, 3.63) is 88.7 Å². The molecule has 0 radical (unpaired) electrons. The Kier molecular flexibility index (Phi) is 8.59. The summed E-state index contributed by atoms with van der Waals surface area (Å²) in [4.78, 5) is 0. The third kappa shape index (κ3) is 6.79. The van der Waals surface area contributed by atoms with Crippen LogP contribution in [0.25, 0.3) is 11.1 Å². The molecule has 204 valence electrons. The van der Waals surface area contributed by atoms with E-state index in [2.05, 4.69) is 27.3 Å². The van der Waals surface area contributed by atoms with E-state index >= 15 is 0 Å². The Labute approximate surface area is 228 Å². The fourth-order valence-electron chi connectivity index (χ4n) is 4.63. The summed E-state index contributed by atoms with van der Waals surface area (Å²) in [6.45, 7) is 0. The number of alkyl halides is 6. The minimum Gasteiger partial charge on any atom is -0.426 e. The van der Waals surface area contributed by atoms with Gasteiger partial charge in [-0.25, -0.2) is 13.2 Å². The van der Waals surface area contributed by atoms with E-state index < -0.39 is 46.6 Å². The molecule has 0 atom stereocenters. The second-order valence-electron chi connectivity index (χ2n) is 9.43.